The molecule has 0 atom stereocenters. The van der Waals surface area contributed by atoms with Gasteiger partial charge in [-0.15, -0.1) is 0 Å². The lowest BCUT2D eigenvalue weighted by atomic mass is 10.1. The van der Waals surface area contributed by atoms with E-state index in [0.29, 0.717) is 29.1 Å². The first kappa shape index (κ1) is 15.6. The number of carbonyl (C=O) groups is 1. The van der Waals surface area contributed by atoms with Crippen LogP contribution in [0.3, 0.4) is 0 Å². The van der Waals surface area contributed by atoms with Crippen LogP contribution in [-0.4, -0.2) is 29.0 Å². The molecule has 0 aliphatic heterocycles. The predicted molar refractivity (Wildman–Crippen MR) is 85.0 cm³/mol. The molecule has 6 heteroatoms. The summed E-state index contributed by atoms with van der Waals surface area (Å²) in [5.41, 5.74) is 2.96. The van der Waals surface area contributed by atoms with Crippen LogP contribution in [0.5, 0.6) is 5.75 Å². The number of pyridine rings is 2. The molecular weight excluding hydrogens is 280 g/mol. The number of carbonyl (C=O) groups excluding carboxylic acids is 1. The highest BCUT2D eigenvalue weighted by Crippen LogP contribution is 2.21. The molecule has 0 saturated heterocycles. The van der Waals surface area contributed by atoms with E-state index in [1.165, 1.54) is 0 Å². The second kappa shape index (κ2) is 6.80. The van der Waals surface area contributed by atoms with E-state index in [1.807, 2.05) is 6.92 Å². The molecule has 0 fully saturated rings. The van der Waals surface area contributed by atoms with Crippen LogP contribution in [0.25, 0.3) is 0 Å². The molecule has 2 N–H and O–H groups in total. The lowest BCUT2D eigenvalue weighted by molar-refractivity contribution is 0.111. The van der Waals surface area contributed by atoms with E-state index in [4.69, 9.17) is 10.1 Å². The zero-order valence-corrected chi connectivity index (χ0v) is 12.8. The van der Waals surface area contributed by atoms with Gasteiger partial charge in [-0.1, -0.05) is 0 Å². The van der Waals surface area contributed by atoms with E-state index in [9.17, 15) is 4.79 Å². The van der Waals surface area contributed by atoms with Crippen LogP contribution in [0.2, 0.25) is 0 Å². The van der Waals surface area contributed by atoms with Gasteiger partial charge in [-0.25, -0.2) is 9.97 Å². The average Bonchev–Trinajstić information content (AvgIpc) is 2.52. The van der Waals surface area contributed by atoms with Crippen LogP contribution in [0.15, 0.2) is 24.4 Å². The molecule has 0 unspecified atom stereocenters. The maximum atomic E-state index is 11.1. The fourth-order valence-electron chi connectivity index (χ4n) is 2.16. The fourth-order valence-corrected chi connectivity index (χ4v) is 2.16. The summed E-state index contributed by atoms with van der Waals surface area (Å²) in [6, 6.07) is 5.32. The van der Waals surface area contributed by atoms with E-state index in [-0.39, 0.29) is 12.3 Å². The minimum atomic E-state index is 0.230. The number of hydrogen-bond donors (Lipinski definition) is 2. The van der Waals surface area contributed by atoms with Crippen molar-refractivity contribution in [2.45, 2.75) is 20.5 Å². The quantitative estimate of drug-likeness (QED) is 0.632. The van der Waals surface area contributed by atoms with Crippen LogP contribution < -0.4 is 10.1 Å². The van der Waals surface area contributed by atoms with Gasteiger partial charge in [0, 0.05) is 35.8 Å². The predicted octanol–water partition coefficient (Wildman–Crippen LogP) is 2.61. The smallest absolute Gasteiger partial charge is 0.172 e. The molecule has 22 heavy (non-hydrogen) atoms. The van der Waals surface area contributed by atoms with Crippen molar-refractivity contribution >= 4 is 17.8 Å². The van der Waals surface area contributed by atoms with Crippen LogP contribution in [0.1, 0.15) is 34.2 Å². The van der Waals surface area contributed by atoms with Gasteiger partial charge in [0.05, 0.1) is 0 Å². The van der Waals surface area contributed by atoms with Crippen LogP contribution in [0, 0.1) is 12.3 Å². The highest BCUT2D eigenvalue weighted by molar-refractivity contribution is 6.01. The zero-order chi connectivity index (χ0) is 16.1. The third kappa shape index (κ3) is 3.28. The Kier molecular flexibility index (Phi) is 4.83. The molecular formula is C16H18N4O2. The Morgan fingerprint density at radius 2 is 2.18 bits per heavy atom. The zero-order valence-electron chi connectivity index (χ0n) is 12.8. The third-order valence-electron chi connectivity index (χ3n) is 3.17. The van der Waals surface area contributed by atoms with Crippen LogP contribution >= 0.6 is 0 Å². The molecule has 0 saturated carbocycles. The van der Waals surface area contributed by atoms with Gasteiger partial charge >= 0.3 is 0 Å². The maximum Gasteiger partial charge on any atom is 0.172 e. The minimum absolute atomic E-state index is 0.230. The molecule has 2 aromatic heterocycles. The molecule has 0 radical (unpaired) electrons. The summed E-state index contributed by atoms with van der Waals surface area (Å²) in [5.74, 6) is 1.06. The first-order valence-electron chi connectivity index (χ1n) is 6.83. The lowest BCUT2D eigenvalue weighted by Crippen LogP contribution is -2.10. The average molecular weight is 298 g/mol. The van der Waals surface area contributed by atoms with Crippen molar-refractivity contribution in [2.24, 2.45) is 0 Å². The fraction of sp³-hybridized carbons (Fsp3) is 0.250. The van der Waals surface area contributed by atoms with Gasteiger partial charge < -0.3 is 15.5 Å². The van der Waals surface area contributed by atoms with Gasteiger partial charge in [-0.05, 0) is 32.0 Å². The minimum Gasteiger partial charge on any atom is -0.486 e. The van der Waals surface area contributed by atoms with E-state index in [1.54, 1.807) is 38.4 Å². The highest BCUT2D eigenvalue weighted by Gasteiger charge is 2.12. The number of ether oxygens (including phenoxy) is 1. The summed E-state index contributed by atoms with van der Waals surface area (Å²) in [4.78, 5) is 19.4. The molecule has 2 rings (SSSR count). The Labute approximate surface area is 129 Å². The molecule has 114 valence electrons. The van der Waals surface area contributed by atoms with E-state index in [2.05, 4.69) is 15.3 Å². The number of hydrogen-bond acceptors (Lipinski definition) is 6. The van der Waals surface area contributed by atoms with Gasteiger partial charge in [-0.3, -0.25) is 4.79 Å². The number of anilines is 1. The van der Waals surface area contributed by atoms with E-state index in [0.717, 1.165) is 11.3 Å². The Morgan fingerprint density at radius 3 is 2.82 bits per heavy atom. The van der Waals surface area contributed by atoms with Crippen molar-refractivity contribution < 1.29 is 9.53 Å². The van der Waals surface area contributed by atoms with E-state index >= 15 is 0 Å². The van der Waals surface area contributed by atoms with E-state index < -0.39 is 0 Å². The summed E-state index contributed by atoms with van der Waals surface area (Å²) >= 11 is 0. The molecule has 2 heterocycles. The highest BCUT2D eigenvalue weighted by atomic mass is 16.5. The summed E-state index contributed by atoms with van der Waals surface area (Å²) in [6.07, 6.45) is 2.33. The molecule has 0 aliphatic carbocycles. The largest absolute Gasteiger partial charge is 0.486 e. The van der Waals surface area contributed by atoms with Gasteiger partial charge in [0.1, 0.15) is 23.9 Å². The Morgan fingerprint density at radius 1 is 1.41 bits per heavy atom. The molecule has 0 aliphatic rings. The van der Waals surface area contributed by atoms with Crippen molar-refractivity contribution in [2.75, 3.05) is 12.4 Å². The van der Waals surface area contributed by atoms with Crippen molar-refractivity contribution in [1.82, 2.24) is 9.97 Å². The van der Waals surface area contributed by atoms with Crippen molar-refractivity contribution in [3.8, 4) is 5.75 Å². The van der Waals surface area contributed by atoms with Crippen molar-refractivity contribution in [3.63, 3.8) is 0 Å². The number of nitrogens with one attached hydrogen (secondary N) is 2. The first-order valence-corrected chi connectivity index (χ1v) is 6.83. The molecule has 6 nitrogen and oxygen atoms in total. The SMILES string of the molecule is CNc1nccc(COc2ccc(C)nc2C=O)c1C(C)=N. The summed E-state index contributed by atoms with van der Waals surface area (Å²) < 4.78 is 5.71. The molecule has 0 aromatic carbocycles. The number of nitrogens with zero attached hydrogens (tertiary/aromatic N) is 2. The maximum absolute atomic E-state index is 11.1. The normalized spacial score (nSPS) is 10.1. The number of aromatic nitrogens is 2. The third-order valence-corrected chi connectivity index (χ3v) is 3.17. The summed E-state index contributed by atoms with van der Waals surface area (Å²) in [5, 5.41) is 10.9. The molecule has 0 amide bonds. The lowest BCUT2D eigenvalue weighted by Gasteiger charge is -2.14. The molecule has 0 bridgehead atoms. The Bertz CT molecular complexity index is 713. The van der Waals surface area contributed by atoms with Gasteiger partial charge in [0.15, 0.2) is 6.29 Å². The number of aryl methyl sites for hydroxylation is 1. The first-order chi connectivity index (χ1) is 10.6. The van der Waals surface area contributed by atoms with Gasteiger partial charge in [-0.2, -0.15) is 0 Å². The number of aldehydes is 1. The summed E-state index contributed by atoms with van der Waals surface area (Å²) in [6.45, 7) is 3.75. The topological polar surface area (TPSA) is 88.0 Å². The van der Waals surface area contributed by atoms with Gasteiger partial charge in [0.2, 0.25) is 0 Å². The Balaban J connectivity index is 2.29. The van der Waals surface area contributed by atoms with Crippen molar-refractivity contribution in [1.29, 1.82) is 5.41 Å². The van der Waals surface area contributed by atoms with Crippen LogP contribution in [-0.2, 0) is 6.61 Å². The molecule has 0 spiro atoms. The number of rotatable bonds is 6. The summed E-state index contributed by atoms with van der Waals surface area (Å²) in [7, 11) is 1.76. The standard InChI is InChI=1S/C16H18N4O2/c1-10-4-5-14(13(8-21)20-10)22-9-12-6-7-19-16(18-3)15(12)11(2)17/h4-8,17H,9H2,1-3H3,(H,18,19). The van der Waals surface area contributed by atoms with Crippen LogP contribution in [0.4, 0.5) is 5.82 Å². The Hall–Kier alpha value is -2.76. The van der Waals surface area contributed by atoms with Gasteiger partial charge in [0.25, 0.3) is 0 Å². The monoisotopic (exact) mass is 298 g/mol. The molecule has 2 aromatic rings. The van der Waals surface area contributed by atoms with Crippen molar-refractivity contribution in [3.05, 3.63) is 46.9 Å². The second-order valence-corrected chi connectivity index (χ2v) is 4.81. The second-order valence-electron chi connectivity index (χ2n) is 4.81.